The molecule has 2 nitrogen and oxygen atoms in total. The Labute approximate surface area is 73.5 Å². The van der Waals surface area contributed by atoms with Crippen LogP contribution in [0.1, 0.15) is 13.3 Å². The largest absolute Gasteiger partial charge is 0.326 e. The van der Waals surface area contributed by atoms with Crippen LogP contribution in [0.15, 0.2) is 0 Å². The van der Waals surface area contributed by atoms with Gasteiger partial charge in [0.05, 0.1) is 0 Å². The Morgan fingerprint density at radius 2 is 2.17 bits per heavy atom. The number of hydrogen-bond acceptors (Lipinski definition) is 2. The van der Waals surface area contributed by atoms with Gasteiger partial charge in [0.1, 0.15) is 0 Å². The first kappa shape index (κ1) is 10.3. The summed E-state index contributed by atoms with van der Waals surface area (Å²) in [5, 5.41) is 2.97. The van der Waals surface area contributed by atoms with E-state index in [1.165, 1.54) is 0 Å². The van der Waals surface area contributed by atoms with Gasteiger partial charge in [-0.2, -0.15) is 0 Å². The lowest BCUT2D eigenvalue weighted by Gasteiger charge is -2.35. The van der Waals surface area contributed by atoms with E-state index in [9.17, 15) is 8.78 Å². The van der Waals surface area contributed by atoms with Gasteiger partial charge in [-0.1, -0.05) is 9.24 Å². The molecular formula is C7H15F2N2P. The molecule has 1 rings (SSSR count). The molecule has 5 heteroatoms. The molecule has 0 aromatic rings. The monoisotopic (exact) mass is 196 g/mol. The lowest BCUT2D eigenvalue weighted by atomic mass is 9.91. The van der Waals surface area contributed by atoms with Crippen molar-refractivity contribution in [2.75, 3.05) is 6.54 Å². The van der Waals surface area contributed by atoms with Crippen LogP contribution in [0.2, 0.25) is 0 Å². The number of nitrogens with one attached hydrogen (secondary N) is 1. The molecule has 1 fully saturated rings. The third kappa shape index (κ3) is 2.35. The normalized spacial score (nSPS) is 38.2. The Kier molecular flexibility index (Phi) is 3.02. The summed E-state index contributed by atoms with van der Waals surface area (Å²) >= 11 is 0. The fraction of sp³-hybridized carbons (Fsp3) is 1.00. The minimum absolute atomic E-state index is 0.147. The van der Waals surface area contributed by atoms with E-state index in [2.05, 4.69) is 5.32 Å². The van der Waals surface area contributed by atoms with Crippen molar-refractivity contribution in [3.05, 3.63) is 0 Å². The van der Waals surface area contributed by atoms with E-state index in [4.69, 9.17) is 5.73 Å². The number of nitrogens with two attached hydrogens (primary N) is 1. The van der Waals surface area contributed by atoms with E-state index in [0.29, 0.717) is 13.0 Å². The third-order valence-corrected chi connectivity index (χ3v) is 2.90. The first-order valence-electron chi connectivity index (χ1n) is 4.07. The van der Waals surface area contributed by atoms with Crippen molar-refractivity contribution >= 4 is 9.24 Å². The molecule has 72 valence electrons. The van der Waals surface area contributed by atoms with Crippen LogP contribution in [0.5, 0.6) is 0 Å². The molecule has 1 aliphatic rings. The van der Waals surface area contributed by atoms with Crippen molar-refractivity contribution in [3.63, 3.8) is 0 Å². The van der Waals surface area contributed by atoms with Gasteiger partial charge in [-0.25, -0.2) is 8.78 Å². The molecule has 3 N–H and O–H groups in total. The predicted octanol–water partition coefficient (Wildman–Crippen LogP) is 0.780. The Balaban J connectivity index is 2.51. The Morgan fingerprint density at radius 1 is 1.58 bits per heavy atom. The van der Waals surface area contributed by atoms with E-state index < -0.39 is 11.6 Å². The van der Waals surface area contributed by atoms with Crippen LogP contribution in [0.25, 0.3) is 0 Å². The Morgan fingerprint density at radius 3 is 2.58 bits per heavy atom. The Bertz CT molecular complexity index is 160. The number of alkyl halides is 2. The topological polar surface area (TPSA) is 38.0 Å². The highest BCUT2D eigenvalue weighted by atomic mass is 31.0. The summed E-state index contributed by atoms with van der Waals surface area (Å²) in [6.07, 6.45) is 0.394. The van der Waals surface area contributed by atoms with Crippen molar-refractivity contribution < 1.29 is 8.78 Å². The molecule has 1 saturated heterocycles. The molecule has 0 saturated carbocycles. The number of rotatable bonds is 1. The Hall–Kier alpha value is 0.210. The zero-order valence-electron chi connectivity index (χ0n) is 7.06. The molecule has 0 radical (unpaired) electrons. The van der Waals surface area contributed by atoms with E-state index in [1.54, 1.807) is 9.24 Å². The first-order chi connectivity index (χ1) is 5.41. The average molecular weight is 196 g/mol. The molecule has 12 heavy (non-hydrogen) atoms. The summed E-state index contributed by atoms with van der Waals surface area (Å²) in [6, 6.07) is -0.0104. The fourth-order valence-corrected chi connectivity index (χ4v) is 1.64. The smallest absolute Gasteiger partial charge is 0.263 e. The maximum Gasteiger partial charge on any atom is 0.263 e. The van der Waals surface area contributed by atoms with Gasteiger partial charge in [0.2, 0.25) is 0 Å². The second kappa shape index (κ2) is 3.52. The van der Waals surface area contributed by atoms with Crippen molar-refractivity contribution in [1.29, 1.82) is 0 Å². The van der Waals surface area contributed by atoms with E-state index in [0.717, 1.165) is 0 Å². The highest BCUT2D eigenvalue weighted by Gasteiger charge is 2.38. The second-order valence-electron chi connectivity index (χ2n) is 3.47. The van der Waals surface area contributed by atoms with Gasteiger partial charge in [-0.05, 0) is 13.3 Å². The summed E-state index contributed by atoms with van der Waals surface area (Å²) in [5.74, 6) is -0.645. The predicted molar refractivity (Wildman–Crippen MR) is 48.2 cm³/mol. The number of halogens is 2. The SMILES string of the molecule is CC1NCC(C(F)(F)P)CC1N. The summed E-state index contributed by atoms with van der Waals surface area (Å²) in [5.41, 5.74) is 2.97. The van der Waals surface area contributed by atoms with Crippen LogP contribution in [0.3, 0.4) is 0 Å². The highest BCUT2D eigenvalue weighted by Crippen LogP contribution is 2.35. The number of hydrogen-bond donors (Lipinski definition) is 2. The van der Waals surface area contributed by atoms with Crippen molar-refractivity contribution in [3.8, 4) is 0 Å². The van der Waals surface area contributed by atoms with Crippen molar-refractivity contribution in [1.82, 2.24) is 5.32 Å². The molecule has 0 aliphatic carbocycles. The molecule has 1 aliphatic heterocycles. The third-order valence-electron chi connectivity index (χ3n) is 2.43. The summed E-state index contributed by atoms with van der Waals surface area (Å²) < 4.78 is 25.6. The summed E-state index contributed by atoms with van der Waals surface area (Å²) in [6.45, 7) is 2.27. The van der Waals surface area contributed by atoms with Gasteiger partial charge < -0.3 is 11.1 Å². The van der Waals surface area contributed by atoms with Gasteiger partial charge >= 0.3 is 0 Å². The second-order valence-corrected chi connectivity index (χ2v) is 4.24. The van der Waals surface area contributed by atoms with Crippen molar-refractivity contribution in [2.24, 2.45) is 11.7 Å². The minimum Gasteiger partial charge on any atom is -0.326 e. The summed E-state index contributed by atoms with van der Waals surface area (Å²) in [4.78, 5) is 0. The summed E-state index contributed by atoms with van der Waals surface area (Å²) in [7, 11) is 1.58. The van der Waals surface area contributed by atoms with Gasteiger partial charge in [0.15, 0.2) is 0 Å². The molecule has 0 bridgehead atoms. The average Bonchev–Trinajstić information content (AvgIpc) is 1.92. The quantitative estimate of drug-likeness (QED) is 0.608. The standard InChI is InChI=1S/C7H15F2N2P/c1-4-6(10)2-5(3-11-4)7(8,9)12/h4-6,11H,2-3,10,12H2,1H3. The molecule has 1 heterocycles. The molecule has 0 aromatic heterocycles. The van der Waals surface area contributed by atoms with Gasteiger partial charge in [0, 0.05) is 24.5 Å². The zero-order chi connectivity index (χ0) is 9.35. The molecule has 0 spiro atoms. The van der Waals surface area contributed by atoms with Gasteiger partial charge in [-0.3, -0.25) is 0 Å². The molecule has 0 amide bonds. The van der Waals surface area contributed by atoms with Crippen LogP contribution in [-0.2, 0) is 0 Å². The minimum atomic E-state index is -2.69. The molecule has 4 unspecified atom stereocenters. The maximum absolute atomic E-state index is 12.8. The fourth-order valence-electron chi connectivity index (χ4n) is 1.39. The highest BCUT2D eigenvalue weighted by molar-refractivity contribution is 7.18. The van der Waals surface area contributed by atoms with E-state index in [-0.39, 0.29) is 12.1 Å². The maximum atomic E-state index is 12.8. The van der Waals surface area contributed by atoms with Gasteiger partial charge in [-0.15, -0.1) is 0 Å². The van der Waals surface area contributed by atoms with E-state index >= 15 is 0 Å². The lowest BCUT2D eigenvalue weighted by molar-refractivity contribution is 0.0160. The van der Waals surface area contributed by atoms with Crippen LogP contribution in [-0.4, -0.2) is 24.3 Å². The molecule has 0 aromatic carbocycles. The van der Waals surface area contributed by atoms with Crippen LogP contribution in [0, 0.1) is 5.92 Å². The number of piperidine rings is 1. The first-order valence-corrected chi connectivity index (χ1v) is 4.64. The lowest BCUT2D eigenvalue weighted by Crippen LogP contribution is -2.53. The van der Waals surface area contributed by atoms with E-state index in [1.807, 2.05) is 6.92 Å². The zero-order valence-corrected chi connectivity index (χ0v) is 8.21. The van der Waals surface area contributed by atoms with Crippen LogP contribution >= 0.6 is 9.24 Å². The molecular weight excluding hydrogens is 181 g/mol. The van der Waals surface area contributed by atoms with Gasteiger partial charge in [0.25, 0.3) is 5.66 Å². The van der Waals surface area contributed by atoms with Crippen LogP contribution < -0.4 is 11.1 Å². The van der Waals surface area contributed by atoms with Crippen LogP contribution in [0.4, 0.5) is 8.78 Å². The van der Waals surface area contributed by atoms with Crippen molar-refractivity contribution in [2.45, 2.75) is 31.1 Å². The molecule has 4 atom stereocenters.